The molecule has 0 saturated carbocycles. The van der Waals surface area contributed by atoms with E-state index in [2.05, 4.69) is 27.7 Å². The van der Waals surface area contributed by atoms with Crippen LogP contribution >= 0.6 is 0 Å². The zero-order valence-electron chi connectivity index (χ0n) is 15.1. The first-order valence-electron chi connectivity index (χ1n) is 8.49. The minimum Gasteiger partial charge on any atom is -0.545 e. The molecule has 0 aliphatic heterocycles. The van der Waals surface area contributed by atoms with E-state index < -0.39 is 5.97 Å². The maximum Gasteiger partial charge on any atom is 0.0757 e. The minimum atomic E-state index is -1.11. The number of benzene rings is 2. The molecule has 2 aromatic rings. The van der Waals surface area contributed by atoms with Gasteiger partial charge in [0.2, 0.25) is 0 Å². The molecule has 0 aliphatic rings. The van der Waals surface area contributed by atoms with E-state index in [1.165, 1.54) is 30.7 Å². The van der Waals surface area contributed by atoms with Crippen molar-refractivity contribution in [1.82, 2.24) is 0 Å². The monoisotopic (exact) mass is 315 g/mol. The predicted molar refractivity (Wildman–Crippen MR) is 95.4 cm³/mol. The molecular formula is C20H29NO2. The summed E-state index contributed by atoms with van der Waals surface area (Å²) in [6.07, 6.45) is 0. The fourth-order valence-corrected chi connectivity index (χ4v) is 2.99. The molecule has 3 heteroatoms. The molecular weight excluding hydrogens is 286 g/mol. The molecule has 0 spiro atoms. The van der Waals surface area contributed by atoms with Crippen LogP contribution in [-0.4, -0.2) is 36.6 Å². The Labute approximate surface area is 140 Å². The lowest BCUT2D eigenvalue weighted by Gasteiger charge is -2.34. The van der Waals surface area contributed by atoms with E-state index in [0.717, 1.165) is 16.3 Å². The molecule has 0 aromatic heterocycles. The average molecular weight is 315 g/mol. The molecule has 0 fully saturated rings. The lowest BCUT2D eigenvalue weighted by molar-refractivity contribution is -0.921. The molecule has 0 N–H and O–H groups in total. The lowest BCUT2D eigenvalue weighted by atomic mass is 10.00. The van der Waals surface area contributed by atoms with Crippen molar-refractivity contribution in [2.75, 3.05) is 26.2 Å². The van der Waals surface area contributed by atoms with Gasteiger partial charge in [0.05, 0.1) is 32.1 Å². The second kappa shape index (κ2) is 8.68. The molecule has 0 saturated heterocycles. The van der Waals surface area contributed by atoms with Crippen molar-refractivity contribution in [3.8, 4) is 0 Å². The highest BCUT2D eigenvalue weighted by Crippen LogP contribution is 2.21. The predicted octanol–water partition coefficient (Wildman–Crippen LogP) is 3.39. The van der Waals surface area contributed by atoms with E-state index in [0.29, 0.717) is 5.56 Å². The topological polar surface area (TPSA) is 40.1 Å². The van der Waals surface area contributed by atoms with Crippen LogP contribution in [-0.2, 0) is 0 Å². The summed E-state index contributed by atoms with van der Waals surface area (Å²) in [5.74, 6) is -1.11. The molecule has 0 radical (unpaired) electrons. The zero-order chi connectivity index (χ0) is 17.5. The maximum atomic E-state index is 10.9. The minimum absolute atomic E-state index is 0.295. The lowest BCUT2D eigenvalue weighted by Crippen LogP contribution is -2.47. The molecule has 126 valence electrons. The van der Waals surface area contributed by atoms with Crippen molar-refractivity contribution >= 4 is 16.7 Å². The SMILES string of the molecule is CC[N+](CC)(CC)CC.Cc1ccc2ccccc2c1C(=O)[O-]. The molecule has 2 rings (SSSR count). The van der Waals surface area contributed by atoms with E-state index in [4.69, 9.17) is 0 Å². The first-order valence-corrected chi connectivity index (χ1v) is 8.49. The summed E-state index contributed by atoms with van der Waals surface area (Å²) in [6.45, 7) is 16.0. The van der Waals surface area contributed by atoms with Gasteiger partial charge in [-0.2, -0.15) is 0 Å². The normalized spacial score (nSPS) is 11.0. The van der Waals surface area contributed by atoms with Crippen molar-refractivity contribution in [1.29, 1.82) is 0 Å². The number of carbonyl (C=O) groups excluding carboxylic acids is 1. The number of hydrogen-bond donors (Lipinski definition) is 0. The molecule has 0 aliphatic carbocycles. The third-order valence-electron chi connectivity index (χ3n) is 5.02. The Bertz CT molecular complexity index is 628. The summed E-state index contributed by atoms with van der Waals surface area (Å²) < 4.78 is 1.28. The standard InChI is InChI=1S/C12H10O2.C8H20N/c1-8-6-7-9-4-2-3-5-10(9)11(8)12(13)14;1-5-9(6-2,7-3)8-4/h2-7H,1H3,(H,13,14);5-8H2,1-4H3/q;+1/p-1. The number of aryl methyl sites for hydroxylation is 1. The number of carboxylic acid groups (broad SMARTS) is 1. The van der Waals surface area contributed by atoms with Crippen LogP contribution in [0.15, 0.2) is 36.4 Å². The fourth-order valence-electron chi connectivity index (χ4n) is 2.99. The Kier molecular flexibility index (Phi) is 7.24. The molecule has 0 amide bonds. The molecule has 23 heavy (non-hydrogen) atoms. The van der Waals surface area contributed by atoms with Gasteiger partial charge in [0, 0.05) is 5.56 Å². The molecule has 2 aromatic carbocycles. The summed E-state index contributed by atoms with van der Waals surface area (Å²) in [5.41, 5.74) is 1.03. The highest BCUT2D eigenvalue weighted by molar-refractivity contribution is 6.04. The Morgan fingerprint density at radius 3 is 1.87 bits per heavy atom. The van der Waals surface area contributed by atoms with Gasteiger partial charge >= 0.3 is 0 Å². The molecule has 0 bridgehead atoms. The largest absolute Gasteiger partial charge is 0.545 e. The van der Waals surface area contributed by atoms with Crippen LogP contribution in [0.5, 0.6) is 0 Å². The van der Waals surface area contributed by atoms with Gasteiger partial charge in [-0.05, 0) is 51.0 Å². The van der Waals surface area contributed by atoms with Gasteiger partial charge in [-0.15, -0.1) is 0 Å². The van der Waals surface area contributed by atoms with Crippen LogP contribution < -0.4 is 5.11 Å². The van der Waals surface area contributed by atoms with E-state index in [-0.39, 0.29) is 0 Å². The van der Waals surface area contributed by atoms with Crippen molar-refractivity contribution in [3.63, 3.8) is 0 Å². The number of rotatable bonds is 5. The van der Waals surface area contributed by atoms with Crippen molar-refractivity contribution in [3.05, 3.63) is 47.5 Å². The second-order valence-electron chi connectivity index (χ2n) is 5.87. The van der Waals surface area contributed by atoms with E-state index >= 15 is 0 Å². The summed E-state index contributed by atoms with van der Waals surface area (Å²) in [7, 11) is 0. The highest BCUT2D eigenvalue weighted by atomic mass is 16.4. The summed E-state index contributed by atoms with van der Waals surface area (Å²) in [4.78, 5) is 10.9. The van der Waals surface area contributed by atoms with E-state index in [1.54, 1.807) is 19.1 Å². The molecule has 0 atom stereocenters. The molecule has 3 nitrogen and oxygen atoms in total. The second-order valence-corrected chi connectivity index (χ2v) is 5.87. The van der Waals surface area contributed by atoms with Gasteiger partial charge < -0.3 is 14.4 Å². The smallest absolute Gasteiger partial charge is 0.0757 e. The van der Waals surface area contributed by atoms with E-state index in [1.807, 2.05) is 24.3 Å². The Morgan fingerprint density at radius 1 is 0.913 bits per heavy atom. The summed E-state index contributed by atoms with van der Waals surface area (Å²) in [5, 5.41) is 12.6. The molecule has 0 unspecified atom stereocenters. The average Bonchev–Trinajstić information content (AvgIpc) is 2.57. The van der Waals surface area contributed by atoms with Crippen LogP contribution in [0.2, 0.25) is 0 Å². The van der Waals surface area contributed by atoms with Gasteiger partial charge in [0.15, 0.2) is 0 Å². The highest BCUT2D eigenvalue weighted by Gasteiger charge is 2.16. The Hall–Kier alpha value is -1.87. The zero-order valence-corrected chi connectivity index (χ0v) is 15.1. The Morgan fingerprint density at radius 2 is 1.43 bits per heavy atom. The number of fused-ring (bicyclic) bond motifs is 1. The summed E-state index contributed by atoms with van der Waals surface area (Å²) >= 11 is 0. The first kappa shape index (κ1) is 19.2. The number of carboxylic acids is 1. The van der Waals surface area contributed by atoms with Gasteiger partial charge in [-0.3, -0.25) is 0 Å². The van der Waals surface area contributed by atoms with Crippen LogP contribution in [0.1, 0.15) is 43.6 Å². The van der Waals surface area contributed by atoms with Gasteiger partial charge in [0.25, 0.3) is 0 Å². The van der Waals surface area contributed by atoms with Gasteiger partial charge in [-0.1, -0.05) is 36.4 Å². The van der Waals surface area contributed by atoms with Crippen LogP contribution in [0, 0.1) is 6.92 Å². The third-order valence-corrected chi connectivity index (χ3v) is 5.02. The Balaban J connectivity index is 0.000000257. The fraction of sp³-hybridized carbons (Fsp3) is 0.450. The number of quaternary nitrogens is 1. The van der Waals surface area contributed by atoms with Crippen molar-refractivity contribution in [2.24, 2.45) is 0 Å². The van der Waals surface area contributed by atoms with E-state index in [9.17, 15) is 9.90 Å². The maximum absolute atomic E-state index is 10.9. The van der Waals surface area contributed by atoms with Gasteiger partial charge in [-0.25, -0.2) is 0 Å². The number of aromatic carboxylic acids is 1. The first-order chi connectivity index (χ1) is 10.9. The third kappa shape index (κ3) is 4.55. The summed E-state index contributed by atoms with van der Waals surface area (Å²) in [6, 6.07) is 11.1. The van der Waals surface area contributed by atoms with Crippen molar-refractivity contribution < 1.29 is 14.4 Å². The van der Waals surface area contributed by atoms with Crippen LogP contribution in [0.3, 0.4) is 0 Å². The van der Waals surface area contributed by atoms with Crippen LogP contribution in [0.4, 0.5) is 0 Å². The quantitative estimate of drug-likeness (QED) is 0.793. The van der Waals surface area contributed by atoms with Crippen molar-refractivity contribution in [2.45, 2.75) is 34.6 Å². The van der Waals surface area contributed by atoms with Crippen LogP contribution in [0.25, 0.3) is 10.8 Å². The number of hydrogen-bond acceptors (Lipinski definition) is 2. The van der Waals surface area contributed by atoms with Gasteiger partial charge in [0.1, 0.15) is 0 Å². The number of nitrogens with zero attached hydrogens (tertiary/aromatic N) is 1. The molecule has 0 heterocycles. The number of carbonyl (C=O) groups is 1.